The van der Waals surface area contributed by atoms with Crippen LogP contribution in [0.15, 0.2) is 40.8 Å². The zero-order valence-corrected chi connectivity index (χ0v) is 30.9. The number of rotatable bonds is 6. The van der Waals surface area contributed by atoms with Gasteiger partial charge in [0.25, 0.3) is 5.91 Å². The van der Waals surface area contributed by atoms with Crippen molar-refractivity contribution in [3.05, 3.63) is 41.5 Å². The van der Waals surface area contributed by atoms with Gasteiger partial charge in [-0.2, -0.15) is 0 Å². The van der Waals surface area contributed by atoms with E-state index in [9.17, 15) is 19.5 Å². The Morgan fingerprint density at radius 3 is 2.21 bits per heavy atom. The van der Waals surface area contributed by atoms with Crippen molar-refractivity contribution in [2.75, 3.05) is 19.3 Å². The molecule has 0 aromatic heterocycles. The van der Waals surface area contributed by atoms with E-state index >= 15 is 0 Å². The van der Waals surface area contributed by atoms with Crippen molar-refractivity contribution in [3.8, 4) is 0 Å². The normalized spacial score (nSPS) is 42.1. The van der Waals surface area contributed by atoms with E-state index < -0.39 is 5.41 Å². The molecule has 6 nitrogen and oxygen atoms in total. The number of carbonyl (C=O) groups is 3. The monoisotopic (exact) mass is 662 g/mol. The van der Waals surface area contributed by atoms with Gasteiger partial charge in [-0.25, -0.2) is 0 Å². The van der Waals surface area contributed by atoms with Crippen LogP contribution < -0.4 is 10.6 Å². The molecule has 3 N–H and O–H groups in total. The molecule has 9 atom stereocenters. The molecule has 6 rings (SSSR count). The predicted octanol–water partition coefficient (Wildman–Crippen LogP) is 7.60. The molecule has 0 bridgehead atoms. The number of amides is 2. The van der Waals surface area contributed by atoms with Crippen LogP contribution in [0, 0.1) is 50.2 Å². The quantitative estimate of drug-likeness (QED) is 0.216. The first-order valence-corrected chi connectivity index (χ1v) is 19.3. The molecule has 47 heavy (non-hydrogen) atoms. The summed E-state index contributed by atoms with van der Waals surface area (Å²) in [5.74, 6) is 0.666. The first-order valence-electron chi connectivity index (χ1n) is 18.1. The molecule has 0 aliphatic heterocycles. The van der Waals surface area contributed by atoms with Gasteiger partial charge in [0.1, 0.15) is 0 Å². The maximum atomic E-state index is 14.6. The molecule has 4 saturated carbocycles. The number of hydrogen-bond acceptors (Lipinski definition) is 5. The van der Waals surface area contributed by atoms with E-state index in [0.29, 0.717) is 30.4 Å². The standard InChI is InChI=1S/C40H58N2O4S/c1-35(2)30-13-16-40(7)32(38(30,5)15-14-31(35)44)29(43)23-27-28-24-37(4,18-17-36(28,3)19-20-39(27,40)6)34(46)42-22-21-41-33(45)25-9-11-26(47-8)12-10-25/h9-12,23,28,30-32,44H,13-22,24H2,1-8H3,(H,41,45)(H,42,46)/t28-,30-,31-,32+,36+,37-,38-,39+,40+/m0/s1. The second-order valence-electron chi connectivity index (χ2n) is 17.9. The largest absolute Gasteiger partial charge is 0.393 e. The van der Waals surface area contributed by atoms with Crippen molar-refractivity contribution in [1.82, 2.24) is 10.6 Å². The third-order valence-corrected chi connectivity index (χ3v) is 15.9. The van der Waals surface area contributed by atoms with E-state index in [1.165, 1.54) is 5.57 Å². The average molecular weight is 663 g/mol. The van der Waals surface area contributed by atoms with Gasteiger partial charge in [-0.3, -0.25) is 14.4 Å². The summed E-state index contributed by atoms with van der Waals surface area (Å²) in [5, 5.41) is 17.1. The topological polar surface area (TPSA) is 95.5 Å². The van der Waals surface area contributed by atoms with Gasteiger partial charge in [0.15, 0.2) is 5.78 Å². The van der Waals surface area contributed by atoms with Gasteiger partial charge in [0, 0.05) is 34.9 Å². The van der Waals surface area contributed by atoms with Gasteiger partial charge >= 0.3 is 0 Å². The fourth-order valence-corrected chi connectivity index (χ4v) is 12.2. The second-order valence-corrected chi connectivity index (χ2v) is 18.7. The molecule has 0 heterocycles. The van der Waals surface area contributed by atoms with E-state index in [4.69, 9.17) is 0 Å². The number of fused-ring (bicyclic) bond motifs is 7. The Morgan fingerprint density at radius 2 is 1.53 bits per heavy atom. The summed E-state index contributed by atoms with van der Waals surface area (Å²) in [6.07, 6.45) is 12.2. The third kappa shape index (κ3) is 5.27. The number of thioether (sulfide) groups is 1. The Hall–Kier alpha value is -2.12. The zero-order chi connectivity index (χ0) is 34.2. The highest BCUT2D eigenvalue weighted by Crippen LogP contribution is 2.75. The molecule has 258 valence electrons. The molecule has 0 spiro atoms. The number of aliphatic hydroxyl groups excluding tert-OH is 1. The highest BCUT2D eigenvalue weighted by molar-refractivity contribution is 7.98. The number of benzene rings is 1. The second kappa shape index (κ2) is 11.7. The zero-order valence-electron chi connectivity index (χ0n) is 30.1. The van der Waals surface area contributed by atoms with Crippen LogP contribution >= 0.6 is 11.8 Å². The summed E-state index contributed by atoms with van der Waals surface area (Å²) in [6, 6.07) is 7.55. The lowest BCUT2D eigenvalue weighted by molar-refractivity contribution is -0.202. The van der Waals surface area contributed by atoms with Crippen LogP contribution in [0.1, 0.15) is 117 Å². The molecule has 5 aliphatic rings. The Bertz CT molecular complexity index is 1470. The van der Waals surface area contributed by atoms with Gasteiger partial charge < -0.3 is 15.7 Å². The Labute approximate surface area is 287 Å². The van der Waals surface area contributed by atoms with Gasteiger partial charge in [0.2, 0.25) is 5.91 Å². The lowest BCUT2D eigenvalue weighted by Crippen LogP contribution is -2.66. The van der Waals surface area contributed by atoms with Crippen molar-refractivity contribution in [2.24, 2.45) is 50.2 Å². The van der Waals surface area contributed by atoms with Crippen LogP contribution in [0.5, 0.6) is 0 Å². The number of aliphatic hydroxyl groups is 1. The number of allylic oxidation sites excluding steroid dienone is 2. The van der Waals surface area contributed by atoms with E-state index in [0.717, 1.165) is 62.7 Å². The first-order chi connectivity index (χ1) is 21.9. The Balaban J connectivity index is 1.19. The minimum atomic E-state index is -0.533. The highest BCUT2D eigenvalue weighted by atomic mass is 32.2. The molecular formula is C40H58N2O4S. The summed E-state index contributed by atoms with van der Waals surface area (Å²) >= 11 is 1.64. The summed E-state index contributed by atoms with van der Waals surface area (Å²) in [5.41, 5.74) is 0.886. The van der Waals surface area contributed by atoms with E-state index in [-0.39, 0.29) is 56.8 Å². The lowest BCUT2D eigenvalue weighted by atomic mass is 9.33. The van der Waals surface area contributed by atoms with Gasteiger partial charge in [-0.15, -0.1) is 11.8 Å². The molecule has 0 saturated heterocycles. The van der Waals surface area contributed by atoms with Crippen LogP contribution in [0.3, 0.4) is 0 Å². The highest BCUT2D eigenvalue weighted by Gasteiger charge is 2.70. The fraction of sp³-hybridized carbons (Fsp3) is 0.725. The van der Waals surface area contributed by atoms with Crippen LogP contribution in [0.2, 0.25) is 0 Å². The Kier molecular flexibility index (Phi) is 8.68. The van der Waals surface area contributed by atoms with Crippen LogP contribution in [0.25, 0.3) is 0 Å². The molecule has 4 fully saturated rings. The summed E-state index contributed by atoms with van der Waals surface area (Å²) in [4.78, 5) is 42.1. The lowest BCUT2D eigenvalue weighted by Gasteiger charge is -2.70. The third-order valence-electron chi connectivity index (χ3n) is 15.2. The van der Waals surface area contributed by atoms with Gasteiger partial charge in [0.05, 0.1) is 6.10 Å². The van der Waals surface area contributed by atoms with Gasteiger partial charge in [-0.05, 0) is 133 Å². The molecule has 2 amide bonds. The SMILES string of the molecule is CSc1ccc(C(=O)NCCNC(=O)[C@@]2(C)CC[C@]3(C)CC[C@]4(C)C(=CC(=O)[C@@H]5[C@@]6(C)CC[C@H](O)C(C)(C)[C@@H]6CC[C@]54C)[C@@H]3C2)cc1. The minimum Gasteiger partial charge on any atom is -0.393 e. The maximum absolute atomic E-state index is 14.6. The van der Waals surface area contributed by atoms with E-state index in [2.05, 4.69) is 65.2 Å². The number of nitrogens with one attached hydrogen (secondary N) is 2. The number of carbonyl (C=O) groups excluding carboxylic acids is 3. The molecule has 5 aliphatic carbocycles. The van der Waals surface area contributed by atoms with Crippen molar-refractivity contribution >= 4 is 29.4 Å². The predicted molar refractivity (Wildman–Crippen MR) is 189 cm³/mol. The number of ketones is 1. The van der Waals surface area contributed by atoms with Crippen molar-refractivity contribution in [1.29, 1.82) is 0 Å². The first kappa shape index (κ1) is 34.7. The summed E-state index contributed by atoms with van der Waals surface area (Å²) in [7, 11) is 0. The minimum absolute atomic E-state index is 0.0458. The van der Waals surface area contributed by atoms with E-state index in [1.54, 1.807) is 11.8 Å². The molecule has 7 heteroatoms. The average Bonchev–Trinajstić information content (AvgIpc) is 3.03. The fourth-order valence-electron chi connectivity index (χ4n) is 11.8. The molecule has 0 unspecified atom stereocenters. The van der Waals surface area contributed by atoms with Crippen LogP contribution in [-0.2, 0) is 9.59 Å². The maximum Gasteiger partial charge on any atom is 0.251 e. The molecular weight excluding hydrogens is 605 g/mol. The molecule has 1 aromatic rings. The smallest absolute Gasteiger partial charge is 0.251 e. The summed E-state index contributed by atoms with van der Waals surface area (Å²) in [6.45, 7) is 16.9. The van der Waals surface area contributed by atoms with E-state index in [1.807, 2.05) is 30.5 Å². The van der Waals surface area contributed by atoms with Crippen molar-refractivity contribution in [2.45, 2.75) is 117 Å². The van der Waals surface area contributed by atoms with Crippen LogP contribution in [0.4, 0.5) is 0 Å². The molecule has 0 radical (unpaired) electrons. The van der Waals surface area contributed by atoms with Crippen molar-refractivity contribution in [3.63, 3.8) is 0 Å². The summed E-state index contributed by atoms with van der Waals surface area (Å²) < 4.78 is 0. The molecule has 1 aromatic carbocycles. The number of hydrogen-bond donors (Lipinski definition) is 3. The van der Waals surface area contributed by atoms with Crippen molar-refractivity contribution < 1.29 is 19.5 Å². The van der Waals surface area contributed by atoms with Crippen LogP contribution in [-0.4, -0.2) is 48.2 Å². The Morgan fingerprint density at radius 1 is 0.872 bits per heavy atom. The van der Waals surface area contributed by atoms with Gasteiger partial charge in [-0.1, -0.05) is 54.0 Å².